The molecule has 0 spiro atoms. The summed E-state index contributed by atoms with van der Waals surface area (Å²) in [5, 5.41) is 0. The summed E-state index contributed by atoms with van der Waals surface area (Å²) in [7, 11) is 0. The monoisotopic (exact) mass is 482 g/mol. The van der Waals surface area contributed by atoms with Crippen molar-refractivity contribution in [2.75, 3.05) is 0 Å². The number of halogens is 3. The molecule has 3 rings (SSSR count). The molecule has 112 valence electrons. The van der Waals surface area contributed by atoms with E-state index < -0.39 is 3.93 Å². The third kappa shape index (κ3) is 5.15. The fraction of sp³-hybridized carbons (Fsp3) is 0.600. The van der Waals surface area contributed by atoms with Gasteiger partial charge in [-0.1, -0.05) is 78.5 Å². The zero-order chi connectivity index (χ0) is 14.6. The van der Waals surface area contributed by atoms with Crippen molar-refractivity contribution in [3.63, 3.8) is 0 Å². The number of fused-ring (bicyclic) bond motifs is 2. The predicted octanol–water partition coefficient (Wildman–Crippen LogP) is 7.44. The minimum Gasteiger partial charge on any atom is -0.457 e. The Bertz CT molecular complexity index is 500. The maximum atomic E-state index is 5.57. The van der Waals surface area contributed by atoms with Crippen LogP contribution in [-0.4, -0.2) is 3.93 Å². The molecule has 1 fully saturated rings. The van der Waals surface area contributed by atoms with E-state index in [2.05, 4.69) is 71.0 Å². The SMILES string of the molecule is CCC[Si](Br)(Br)Br.c1cc2oc1cc2C1CCCCC1. The quantitative estimate of drug-likeness (QED) is 0.326. The first kappa shape index (κ1) is 17.0. The van der Waals surface area contributed by atoms with Gasteiger partial charge in [0.05, 0.1) is 0 Å². The highest BCUT2D eigenvalue weighted by Gasteiger charge is 2.20. The van der Waals surface area contributed by atoms with Crippen LogP contribution in [0, 0.1) is 0 Å². The Kier molecular flexibility index (Phi) is 6.64. The van der Waals surface area contributed by atoms with E-state index in [1.165, 1.54) is 50.1 Å². The van der Waals surface area contributed by atoms with Crippen molar-refractivity contribution in [1.29, 1.82) is 0 Å². The molecule has 1 aliphatic carbocycles. The van der Waals surface area contributed by atoms with Crippen molar-refractivity contribution in [1.82, 2.24) is 0 Å². The Balaban J connectivity index is 0.000000182. The smallest absolute Gasteiger partial charge is 0.267 e. The van der Waals surface area contributed by atoms with Crippen LogP contribution < -0.4 is 0 Å². The molecular formula is C15H21Br3OSi. The molecule has 0 unspecified atom stereocenters. The fourth-order valence-electron chi connectivity index (χ4n) is 2.83. The standard InChI is InChI=1S/C12H14O.C3H7Br3Si/c1-2-4-9(5-3-1)11-8-10-6-7-12(11)13-10;1-2-3-7(4,5)6/h6-9H,1-5H2;2-3H2,1H3. The lowest BCUT2D eigenvalue weighted by molar-refractivity contribution is 0.444. The van der Waals surface area contributed by atoms with Crippen LogP contribution in [0.4, 0.5) is 0 Å². The molecule has 0 aliphatic heterocycles. The molecule has 2 bridgehead atoms. The van der Waals surface area contributed by atoms with E-state index >= 15 is 0 Å². The van der Waals surface area contributed by atoms with Crippen LogP contribution in [0.1, 0.15) is 56.9 Å². The number of hydrogen-bond donors (Lipinski definition) is 0. The van der Waals surface area contributed by atoms with Gasteiger partial charge in [-0.3, -0.25) is 0 Å². The molecule has 2 aromatic rings. The summed E-state index contributed by atoms with van der Waals surface area (Å²) in [6.45, 7) is 2.17. The van der Waals surface area contributed by atoms with Gasteiger partial charge in [0.15, 0.2) is 0 Å². The molecule has 0 amide bonds. The van der Waals surface area contributed by atoms with Crippen LogP contribution in [0.5, 0.6) is 0 Å². The molecular weight excluding hydrogens is 464 g/mol. The molecule has 1 saturated carbocycles. The summed E-state index contributed by atoms with van der Waals surface area (Å²) in [6.07, 6.45) is 8.17. The summed E-state index contributed by atoms with van der Waals surface area (Å²) in [6, 6.07) is 7.62. The lowest BCUT2D eigenvalue weighted by atomic mass is 9.84. The average molecular weight is 485 g/mol. The first-order chi connectivity index (χ1) is 9.49. The number of rotatable bonds is 3. The van der Waals surface area contributed by atoms with Crippen LogP contribution in [0.25, 0.3) is 11.2 Å². The first-order valence-electron chi connectivity index (χ1n) is 7.38. The highest BCUT2D eigenvalue weighted by atomic mass is 80.0. The van der Waals surface area contributed by atoms with Crippen molar-refractivity contribution in [3.8, 4) is 0 Å². The molecule has 5 heteroatoms. The van der Waals surface area contributed by atoms with Crippen LogP contribution in [-0.2, 0) is 0 Å². The van der Waals surface area contributed by atoms with Crippen molar-refractivity contribution in [3.05, 3.63) is 23.8 Å². The van der Waals surface area contributed by atoms with E-state index in [-0.39, 0.29) is 0 Å². The van der Waals surface area contributed by atoms with E-state index in [0.717, 1.165) is 17.1 Å². The van der Waals surface area contributed by atoms with E-state index in [0.29, 0.717) is 0 Å². The Hall–Kier alpha value is 0.677. The molecule has 2 heterocycles. The molecule has 0 aromatic carbocycles. The third-order valence-corrected chi connectivity index (χ3v) is 8.42. The highest BCUT2D eigenvalue weighted by Crippen LogP contribution is 2.37. The molecule has 1 aliphatic rings. The molecule has 0 atom stereocenters. The lowest BCUT2D eigenvalue weighted by Crippen LogP contribution is -2.03. The Morgan fingerprint density at radius 3 is 2.25 bits per heavy atom. The Labute approximate surface area is 146 Å². The van der Waals surface area contributed by atoms with Gasteiger partial charge in [0, 0.05) is 5.56 Å². The topological polar surface area (TPSA) is 13.1 Å². The molecule has 0 radical (unpaired) electrons. The second kappa shape index (κ2) is 7.79. The average Bonchev–Trinajstić information content (AvgIpc) is 3.01. The van der Waals surface area contributed by atoms with E-state index in [1.807, 2.05) is 0 Å². The van der Waals surface area contributed by atoms with E-state index in [4.69, 9.17) is 4.42 Å². The molecule has 2 aromatic heterocycles. The van der Waals surface area contributed by atoms with Crippen LogP contribution in [0.15, 0.2) is 22.6 Å². The zero-order valence-corrected chi connectivity index (χ0v) is 17.6. The minimum atomic E-state index is -1.22. The van der Waals surface area contributed by atoms with Crippen LogP contribution >= 0.6 is 45.9 Å². The molecule has 0 N–H and O–H groups in total. The molecule has 20 heavy (non-hydrogen) atoms. The largest absolute Gasteiger partial charge is 0.457 e. The summed E-state index contributed by atoms with van der Waals surface area (Å²) in [5.74, 6) is 0.784. The van der Waals surface area contributed by atoms with Gasteiger partial charge in [0.25, 0.3) is 3.93 Å². The predicted molar refractivity (Wildman–Crippen MR) is 101 cm³/mol. The highest BCUT2D eigenvalue weighted by molar-refractivity contribution is 9.72. The van der Waals surface area contributed by atoms with Gasteiger partial charge in [0.1, 0.15) is 11.2 Å². The fourth-order valence-corrected chi connectivity index (χ4v) is 6.96. The lowest BCUT2D eigenvalue weighted by Gasteiger charge is -2.20. The molecule has 1 nitrogen and oxygen atoms in total. The van der Waals surface area contributed by atoms with Crippen molar-refractivity contribution in [2.45, 2.75) is 57.4 Å². The Morgan fingerprint density at radius 1 is 1.15 bits per heavy atom. The summed E-state index contributed by atoms with van der Waals surface area (Å²) in [5.41, 5.74) is 3.65. The first-order valence-corrected chi connectivity index (χ1v) is 16.4. The van der Waals surface area contributed by atoms with Crippen molar-refractivity contribution < 1.29 is 4.42 Å². The Morgan fingerprint density at radius 2 is 1.85 bits per heavy atom. The van der Waals surface area contributed by atoms with Gasteiger partial charge < -0.3 is 4.42 Å². The zero-order valence-electron chi connectivity index (χ0n) is 11.8. The van der Waals surface area contributed by atoms with Gasteiger partial charge >= 0.3 is 0 Å². The van der Waals surface area contributed by atoms with E-state index in [9.17, 15) is 0 Å². The number of benzene rings is 1. The number of furan rings is 2. The summed E-state index contributed by atoms with van der Waals surface area (Å²) >= 11 is 10.5. The summed E-state index contributed by atoms with van der Waals surface area (Å²) < 4.78 is 4.35. The second-order valence-electron chi connectivity index (χ2n) is 5.50. The van der Waals surface area contributed by atoms with Gasteiger partial charge in [-0.05, 0) is 43.0 Å². The van der Waals surface area contributed by atoms with Crippen LogP contribution in [0.3, 0.4) is 0 Å². The normalized spacial score (nSPS) is 17.2. The van der Waals surface area contributed by atoms with Gasteiger partial charge in [-0.25, -0.2) is 0 Å². The van der Waals surface area contributed by atoms with Gasteiger partial charge in [-0.15, -0.1) is 0 Å². The van der Waals surface area contributed by atoms with Gasteiger partial charge in [-0.2, -0.15) is 0 Å². The number of hydrogen-bond acceptors (Lipinski definition) is 1. The second-order valence-corrected chi connectivity index (χ2v) is 29.0. The van der Waals surface area contributed by atoms with Crippen LogP contribution in [0.2, 0.25) is 6.04 Å². The maximum Gasteiger partial charge on any atom is 0.267 e. The molecule has 0 saturated heterocycles. The summed E-state index contributed by atoms with van der Waals surface area (Å²) in [4.78, 5) is 0. The minimum absolute atomic E-state index is 0.784. The van der Waals surface area contributed by atoms with Crippen molar-refractivity contribution in [2.24, 2.45) is 0 Å². The van der Waals surface area contributed by atoms with E-state index in [1.54, 1.807) is 0 Å². The van der Waals surface area contributed by atoms with Gasteiger partial charge in [0.2, 0.25) is 0 Å². The van der Waals surface area contributed by atoms with Crippen molar-refractivity contribution >= 4 is 61.0 Å². The third-order valence-electron chi connectivity index (χ3n) is 3.79. The maximum absolute atomic E-state index is 5.57.